The molecule has 0 saturated carbocycles. The van der Waals surface area contributed by atoms with Crippen molar-refractivity contribution in [2.75, 3.05) is 23.0 Å². The molecule has 0 bridgehead atoms. The molecule has 24 heavy (non-hydrogen) atoms. The molecule has 0 aliphatic carbocycles. The van der Waals surface area contributed by atoms with Gasteiger partial charge in [0.25, 0.3) is 0 Å². The fraction of sp³-hybridized carbons (Fsp3) is 1.00. The first-order valence-corrected chi connectivity index (χ1v) is 10.9. The van der Waals surface area contributed by atoms with Gasteiger partial charge in [-0.15, -0.1) is 0 Å². The molecule has 0 aliphatic heterocycles. The van der Waals surface area contributed by atoms with Gasteiger partial charge in [-0.25, -0.2) is 0 Å². The Labute approximate surface area is 197 Å². The van der Waals surface area contributed by atoms with Crippen LogP contribution < -0.4 is 59.1 Å². The summed E-state index contributed by atoms with van der Waals surface area (Å²) in [6, 6.07) is -0.875. The molecule has 0 aromatic rings. The molecule has 0 aromatic carbocycles. The molecule has 0 rings (SSSR count). The molecule has 4 atom stereocenters. The summed E-state index contributed by atoms with van der Waals surface area (Å²) in [5.74, 6) is 0.682. The molecule has 10 nitrogen and oxygen atoms in total. The zero-order valence-corrected chi connectivity index (χ0v) is 20.6. The van der Waals surface area contributed by atoms with E-state index in [9.17, 15) is 17.5 Å². The quantitative estimate of drug-likeness (QED) is 0.0549. The number of azide groups is 2. The van der Waals surface area contributed by atoms with Crippen molar-refractivity contribution in [2.45, 2.75) is 24.9 Å². The Morgan fingerprint density at radius 2 is 1.21 bits per heavy atom. The summed E-state index contributed by atoms with van der Waals surface area (Å²) in [6.07, 6.45) is 0.478. The number of rotatable bonds is 13. The second-order valence-electron chi connectivity index (χ2n) is 3.88. The zero-order valence-electron chi connectivity index (χ0n) is 13.3. The molecule has 0 spiro atoms. The maximum atomic E-state index is 10.5. The van der Waals surface area contributed by atoms with Gasteiger partial charge in [-0.3, -0.25) is 8.42 Å². The summed E-state index contributed by atoms with van der Waals surface area (Å²) in [6.45, 7) is 0. The van der Waals surface area contributed by atoms with Gasteiger partial charge in [0.05, 0.1) is 0 Å². The first-order valence-electron chi connectivity index (χ1n) is 5.94. The predicted molar refractivity (Wildman–Crippen MR) is 87.6 cm³/mol. The van der Waals surface area contributed by atoms with E-state index in [0.717, 1.165) is 0 Å². The van der Waals surface area contributed by atoms with Crippen molar-refractivity contribution in [1.82, 2.24) is 0 Å². The molecular formula is C8H14N6Na2O4S4. The van der Waals surface area contributed by atoms with Gasteiger partial charge in [-0.1, -0.05) is 54.0 Å². The van der Waals surface area contributed by atoms with E-state index in [1.54, 1.807) is 0 Å². The van der Waals surface area contributed by atoms with Crippen LogP contribution in [-0.4, -0.2) is 52.6 Å². The van der Waals surface area contributed by atoms with Crippen molar-refractivity contribution in [2.24, 2.45) is 10.2 Å². The first kappa shape index (κ1) is 30.3. The Morgan fingerprint density at radius 3 is 1.46 bits per heavy atom. The first-order chi connectivity index (χ1) is 10.5. The minimum Gasteiger partial charge on any atom is -0.772 e. The molecule has 0 heterocycles. The van der Waals surface area contributed by atoms with Crippen LogP contribution in [0.15, 0.2) is 10.2 Å². The molecule has 0 radical (unpaired) electrons. The normalized spacial score (nSPS) is 14.6. The Morgan fingerprint density at radius 1 is 0.875 bits per heavy atom. The maximum absolute atomic E-state index is 10.5. The second kappa shape index (κ2) is 20.8. The van der Waals surface area contributed by atoms with E-state index < -0.39 is 34.2 Å². The summed E-state index contributed by atoms with van der Waals surface area (Å²) in [4.78, 5) is 5.34. The fourth-order valence-electron chi connectivity index (χ4n) is 1.21. The second-order valence-corrected chi connectivity index (χ2v) is 8.46. The van der Waals surface area contributed by atoms with Crippen LogP contribution >= 0.6 is 21.6 Å². The van der Waals surface area contributed by atoms with E-state index in [1.165, 1.54) is 21.6 Å². The Bertz CT molecular complexity index is 435. The largest absolute Gasteiger partial charge is 1.00 e. The molecule has 16 heteroatoms. The van der Waals surface area contributed by atoms with Gasteiger partial charge in [0.15, 0.2) is 0 Å². The summed E-state index contributed by atoms with van der Waals surface area (Å²) in [7, 11) is 2.71. The average Bonchev–Trinajstić information content (AvgIpc) is 2.46. The minimum absolute atomic E-state index is 0. The molecular weight excluding hydrogens is 418 g/mol. The molecule has 126 valence electrons. The van der Waals surface area contributed by atoms with Crippen molar-refractivity contribution in [3.8, 4) is 0 Å². The van der Waals surface area contributed by atoms with Gasteiger partial charge in [-0.2, -0.15) is 0 Å². The monoisotopic (exact) mass is 432 g/mol. The van der Waals surface area contributed by atoms with E-state index in [4.69, 9.17) is 11.1 Å². The van der Waals surface area contributed by atoms with Gasteiger partial charge >= 0.3 is 59.1 Å². The average molecular weight is 432 g/mol. The number of hydrogen-bond donors (Lipinski definition) is 0. The van der Waals surface area contributed by atoms with Crippen LogP contribution in [0.2, 0.25) is 0 Å². The van der Waals surface area contributed by atoms with Crippen LogP contribution in [0.4, 0.5) is 0 Å². The summed E-state index contributed by atoms with van der Waals surface area (Å²) in [5, 5.41) is 7.04. The van der Waals surface area contributed by atoms with Crippen molar-refractivity contribution in [1.29, 1.82) is 0 Å². The number of nitrogens with zero attached hydrogens (tertiary/aromatic N) is 6. The van der Waals surface area contributed by atoms with Gasteiger partial charge in [0.2, 0.25) is 0 Å². The third-order valence-corrected chi connectivity index (χ3v) is 5.93. The molecule has 2 unspecified atom stereocenters. The van der Waals surface area contributed by atoms with Crippen LogP contribution in [0.3, 0.4) is 0 Å². The molecule has 0 fully saturated rings. The smallest absolute Gasteiger partial charge is 0.772 e. The minimum atomic E-state index is -2.18. The molecule has 0 N–H and O–H groups in total. The van der Waals surface area contributed by atoms with Crippen molar-refractivity contribution >= 4 is 43.7 Å². The van der Waals surface area contributed by atoms with Gasteiger partial charge in [0, 0.05) is 44.9 Å². The van der Waals surface area contributed by atoms with Crippen LogP contribution in [0.5, 0.6) is 0 Å². The topological polar surface area (TPSA) is 178 Å². The Hall–Kier alpha value is 1.54. The van der Waals surface area contributed by atoms with Crippen LogP contribution in [-0.2, 0) is 22.2 Å². The Kier molecular flexibility index (Phi) is 26.3. The third-order valence-electron chi connectivity index (χ3n) is 2.27. The van der Waals surface area contributed by atoms with E-state index in [2.05, 4.69) is 20.1 Å². The SMILES string of the molecule is [N-]=[N+]=N[C@H](CCS(=O)[O-])CSSC[C@@H](CCS(=O)[O-])N=[N+]=[N-].[Na+].[Na+]. The van der Waals surface area contributed by atoms with Gasteiger partial charge in [-0.05, 0) is 23.9 Å². The molecule has 0 saturated heterocycles. The summed E-state index contributed by atoms with van der Waals surface area (Å²) < 4.78 is 41.9. The summed E-state index contributed by atoms with van der Waals surface area (Å²) in [5.41, 5.74) is 16.8. The maximum Gasteiger partial charge on any atom is 1.00 e. The number of hydrogen-bond acceptors (Lipinski definition) is 8. The zero-order chi connectivity index (χ0) is 16.8. The molecule has 0 amide bonds. The van der Waals surface area contributed by atoms with Gasteiger partial charge in [0.1, 0.15) is 0 Å². The van der Waals surface area contributed by atoms with Crippen LogP contribution in [0, 0.1) is 0 Å². The van der Waals surface area contributed by atoms with Crippen molar-refractivity contribution < 1.29 is 76.6 Å². The third kappa shape index (κ3) is 19.9. The van der Waals surface area contributed by atoms with E-state index in [0.29, 0.717) is 11.5 Å². The Balaban J connectivity index is -0.00000220. The fourth-order valence-corrected chi connectivity index (χ4v) is 4.63. The standard InChI is InChI=1S/C8H16N6O4S4.2Na/c9-13-11-7(1-3-21(15)16)5-19-20-6-8(12-14-10)2-4-22(17)18;;/h7-8H,1-6H2,(H,15,16)(H,17,18);;/q;2*+1/p-2/t7-,8-;;/m1../s1. The van der Waals surface area contributed by atoms with Gasteiger partial charge < -0.3 is 9.11 Å². The van der Waals surface area contributed by atoms with Crippen LogP contribution in [0.1, 0.15) is 12.8 Å². The molecule has 0 aromatic heterocycles. The predicted octanol–water partition coefficient (Wildman–Crippen LogP) is -3.73. The van der Waals surface area contributed by atoms with E-state index >= 15 is 0 Å². The van der Waals surface area contributed by atoms with E-state index in [-0.39, 0.29) is 83.5 Å². The summed E-state index contributed by atoms with van der Waals surface area (Å²) >= 11 is -4.35. The molecule has 0 aliphatic rings. The van der Waals surface area contributed by atoms with Crippen molar-refractivity contribution in [3.05, 3.63) is 20.9 Å². The van der Waals surface area contributed by atoms with E-state index in [1.807, 2.05) is 0 Å². The van der Waals surface area contributed by atoms with Crippen LogP contribution in [0.25, 0.3) is 20.9 Å². The van der Waals surface area contributed by atoms with Crippen molar-refractivity contribution in [3.63, 3.8) is 0 Å².